The average Bonchev–Trinajstić information content (AvgIpc) is 2.76. The second-order valence-corrected chi connectivity index (χ2v) is 4.15. The molecule has 1 unspecified atom stereocenters. The number of carbonyl (C=O) groups excluding carboxylic acids is 2. The van der Waals surface area contributed by atoms with E-state index < -0.39 is 5.97 Å². The van der Waals surface area contributed by atoms with Crippen LogP contribution in [0.1, 0.15) is 25.7 Å². The number of aliphatic carboxylic acids is 1. The molecule has 0 aromatic heterocycles. The van der Waals surface area contributed by atoms with E-state index >= 15 is 0 Å². The molecule has 0 aromatic rings. The summed E-state index contributed by atoms with van der Waals surface area (Å²) in [7, 11) is 1.31. The van der Waals surface area contributed by atoms with Gasteiger partial charge in [0.2, 0.25) is 0 Å². The van der Waals surface area contributed by atoms with Crippen LogP contribution < -0.4 is 5.32 Å². The fourth-order valence-corrected chi connectivity index (χ4v) is 1.97. The number of hydrogen-bond acceptors (Lipinski definition) is 4. The Labute approximate surface area is 105 Å². The molecule has 1 atom stereocenters. The minimum atomic E-state index is -0.956. The molecule has 7 heteroatoms. The number of likely N-dealkylation sites (tertiary alicyclic amines) is 1. The van der Waals surface area contributed by atoms with Crippen molar-refractivity contribution in [3.63, 3.8) is 0 Å². The van der Waals surface area contributed by atoms with Gasteiger partial charge in [-0.15, -0.1) is 0 Å². The third-order valence-electron chi connectivity index (χ3n) is 2.88. The zero-order valence-corrected chi connectivity index (χ0v) is 10.3. The Kier molecular flexibility index (Phi) is 5.41. The first kappa shape index (κ1) is 14.3. The summed E-state index contributed by atoms with van der Waals surface area (Å²) >= 11 is 0. The van der Waals surface area contributed by atoms with Gasteiger partial charge in [-0.1, -0.05) is 0 Å². The number of esters is 1. The Morgan fingerprint density at radius 1 is 1.44 bits per heavy atom. The van der Waals surface area contributed by atoms with Crippen LogP contribution in [0.25, 0.3) is 0 Å². The molecule has 0 aromatic carbocycles. The molecule has 2 amide bonds. The molecule has 1 rings (SSSR count). The zero-order chi connectivity index (χ0) is 13.5. The number of rotatable bonds is 5. The number of carbonyl (C=O) groups is 3. The summed E-state index contributed by atoms with van der Waals surface area (Å²) in [5, 5.41) is 11.0. The van der Waals surface area contributed by atoms with E-state index in [1.54, 1.807) is 4.90 Å². The Morgan fingerprint density at radius 2 is 2.17 bits per heavy atom. The molecule has 1 saturated heterocycles. The fourth-order valence-electron chi connectivity index (χ4n) is 1.97. The van der Waals surface area contributed by atoms with E-state index in [-0.39, 0.29) is 37.4 Å². The Bertz CT molecular complexity index is 331. The van der Waals surface area contributed by atoms with Gasteiger partial charge in [-0.3, -0.25) is 9.59 Å². The highest BCUT2D eigenvalue weighted by Gasteiger charge is 2.30. The predicted molar refractivity (Wildman–Crippen MR) is 62.0 cm³/mol. The van der Waals surface area contributed by atoms with E-state index in [1.165, 1.54) is 7.11 Å². The van der Waals surface area contributed by atoms with Crippen molar-refractivity contribution in [3.8, 4) is 0 Å². The molecule has 2 N–H and O–H groups in total. The number of hydrogen-bond donors (Lipinski definition) is 2. The van der Waals surface area contributed by atoms with Crippen molar-refractivity contribution in [2.24, 2.45) is 0 Å². The molecule has 0 bridgehead atoms. The largest absolute Gasteiger partial charge is 0.481 e. The lowest BCUT2D eigenvalue weighted by atomic mass is 10.1. The second kappa shape index (κ2) is 6.83. The van der Waals surface area contributed by atoms with E-state index in [4.69, 9.17) is 5.11 Å². The van der Waals surface area contributed by atoms with E-state index in [2.05, 4.69) is 10.1 Å². The smallest absolute Gasteiger partial charge is 0.317 e. The zero-order valence-electron chi connectivity index (χ0n) is 10.3. The van der Waals surface area contributed by atoms with Gasteiger partial charge < -0.3 is 20.1 Å². The Hall–Kier alpha value is -1.79. The normalized spacial score (nSPS) is 18.5. The van der Waals surface area contributed by atoms with E-state index in [0.29, 0.717) is 6.54 Å². The van der Waals surface area contributed by atoms with Crippen molar-refractivity contribution >= 4 is 18.0 Å². The van der Waals surface area contributed by atoms with Crippen LogP contribution in [0, 0.1) is 0 Å². The summed E-state index contributed by atoms with van der Waals surface area (Å²) in [4.78, 5) is 34.9. The van der Waals surface area contributed by atoms with Gasteiger partial charge in [0.25, 0.3) is 0 Å². The van der Waals surface area contributed by atoms with Crippen molar-refractivity contribution < 1.29 is 24.2 Å². The first-order chi connectivity index (χ1) is 8.54. The second-order valence-electron chi connectivity index (χ2n) is 4.15. The summed E-state index contributed by atoms with van der Waals surface area (Å²) < 4.78 is 4.58. The van der Waals surface area contributed by atoms with Crippen molar-refractivity contribution in [1.82, 2.24) is 10.2 Å². The molecular formula is C11H18N2O5. The highest BCUT2D eigenvalue weighted by molar-refractivity contribution is 5.77. The highest BCUT2D eigenvalue weighted by atomic mass is 16.5. The Morgan fingerprint density at radius 3 is 2.78 bits per heavy atom. The van der Waals surface area contributed by atoms with Gasteiger partial charge in [-0.05, 0) is 12.8 Å². The number of carboxylic acid groups (broad SMARTS) is 1. The SMILES string of the molecule is COC(=O)CC1CCCN1C(=O)NCCC(=O)O. The molecule has 7 nitrogen and oxygen atoms in total. The number of carboxylic acids is 1. The van der Waals surface area contributed by atoms with Crippen LogP contribution in [0.5, 0.6) is 0 Å². The highest BCUT2D eigenvalue weighted by Crippen LogP contribution is 2.20. The standard InChI is InChI=1S/C11H18N2O5/c1-18-10(16)7-8-3-2-6-13(8)11(17)12-5-4-9(14)15/h8H,2-7H2,1H3,(H,12,17)(H,14,15). The summed E-state index contributed by atoms with van der Waals surface area (Å²) in [6.07, 6.45) is 1.68. The van der Waals surface area contributed by atoms with Crippen LogP contribution >= 0.6 is 0 Å². The van der Waals surface area contributed by atoms with Crippen molar-refractivity contribution in [2.75, 3.05) is 20.2 Å². The lowest BCUT2D eigenvalue weighted by Gasteiger charge is -2.24. The lowest BCUT2D eigenvalue weighted by Crippen LogP contribution is -2.44. The van der Waals surface area contributed by atoms with Crippen LogP contribution in [0.15, 0.2) is 0 Å². The van der Waals surface area contributed by atoms with Gasteiger partial charge in [0.15, 0.2) is 0 Å². The number of urea groups is 1. The van der Waals surface area contributed by atoms with Crippen molar-refractivity contribution in [3.05, 3.63) is 0 Å². The van der Waals surface area contributed by atoms with E-state index in [1.807, 2.05) is 0 Å². The van der Waals surface area contributed by atoms with Gasteiger partial charge in [0, 0.05) is 19.1 Å². The molecule has 1 heterocycles. The van der Waals surface area contributed by atoms with Crippen molar-refractivity contribution in [1.29, 1.82) is 0 Å². The summed E-state index contributed by atoms with van der Waals surface area (Å²) in [6.45, 7) is 0.677. The number of amides is 2. The molecule has 0 aliphatic carbocycles. The molecule has 0 radical (unpaired) electrons. The molecule has 0 saturated carbocycles. The van der Waals surface area contributed by atoms with Crippen LogP contribution in [-0.2, 0) is 14.3 Å². The fraction of sp³-hybridized carbons (Fsp3) is 0.727. The average molecular weight is 258 g/mol. The monoisotopic (exact) mass is 258 g/mol. The van der Waals surface area contributed by atoms with Gasteiger partial charge in [-0.25, -0.2) is 4.79 Å². The minimum Gasteiger partial charge on any atom is -0.481 e. The van der Waals surface area contributed by atoms with E-state index in [9.17, 15) is 14.4 Å². The maximum atomic E-state index is 11.8. The summed E-state index contributed by atoms with van der Waals surface area (Å²) in [5.74, 6) is -1.30. The molecule has 1 fully saturated rings. The quantitative estimate of drug-likeness (QED) is 0.687. The van der Waals surface area contributed by atoms with Crippen LogP contribution in [-0.4, -0.2) is 54.2 Å². The van der Waals surface area contributed by atoms with E-state index in [0.717, 1.165) is 12.8 Å². The summed E-state index contributed by atoms with van der Waals surface area (Å²) in [5.41, 5.74) is 0. The van der Waals surface area contributed by atoms with Crippen LogP contribution in [0.2, 0.25) is 0 Å². The Balaban J connectivity index is 2.40. The predicted octanol–water partition coefficient (Wildman–Crippen LogP) is 0.198. The maximum Gasteiger partial charge on any atom is 0.317 e. The van der Waals surface area contributed by atoms with Gasteiger partial charge in [-0.2, -0.15) is 0 Å². The molecule has 1 aliphatic heterocycles. The first-order valence-corrected chi connectivity index (χ1v) is 5.87. The molecule has 102 valence electrons. The lowest BCUT2D eigenvalue weighted by molar-refractivity contribution is -0.141. The van der Waals surface area contributed by atoms with Gasteiger partial charge in [0.1, 0.15) is 0 Å². The van der Waals surface area contributed by atoms with Crippen LogP contribution in [0.4, 0.5) is 4.79 Å². The van der Waals surface area contributed by atoms with Gasteiger partial charge >= 0.3 is 18.0 Å². The molecule has 18 heavy (non-hydrogen) atoms. The third kappa shape index (κ3) is 4.23. The van der Waals surface area contributed by atoms with Crippen molar-refractivity contribution in [2.45, 2.75) is 31.7 Å². The molecule has 0 spiro atoms. The third-order valence-corrected chi connectivity index (χ3v) is 2.88. The minimum absolute atomic E-state index is 0.0929. The topological polar surface area (TPSA) is 95.9 Å². The molecule has 1 aliphatic rings. The number of nitrogens with one attached hydrogen (secondary N) is 1. The number of nitrogens with zero attached hydrogens (tertiary/aromatic N) is 1. The maximum absolute atomic E-state index is 11.8. The number of ether oxygens (including phenoxy) is 1. The molecular weight excluding hydrogens is 240 g/mol. The van der Waals surface area contributed by atoms with Crippen LogP contribution in [0.3, 0.4) is 0 Å². The number of methoxy groups -OCH3 is 1. The summed E-state index contributed by atoms with van der Waals surface area (Å²) in [6, 6.07) is -0.468. The van der Waals surface area contributed by atoms with Gasteiger partial charge in [0.05, 0.1) is 20.0 Å². The first-order valence-electron chi connectivity index (χ1n) is 5.87.